The maximum Gasteiger partial charge on any atom is 0.246 e. The van der Waals surface area contributed by atoms with Crippen molar-refractivity contribution in [1.29, 1.82) is 0 Å². The average Bonchev–Trinajstić information content (AvgIpc) is 2.93. The van der Waals surface area contributed by atoms with Crippen LogP contribution in [-0.2, 0) is 20.8 Å². The highest BCUT2D eigenvalue weighted by Crippen LogP contribution is 2.12. The van der Waals surface area contributed by atoms with Gasteiger partial charge in [0, 0.05) is 13.2 Å². The normalized spacial score (nSPS) is 19.3. The van der Waals surface area contributed by atoms with Crippen molar-refractivity contribution < 1.29 is 14.3 Å². The van der Waals surface area contributed by atoms with E-state index in [0.717, 1.165) is 19.4 Å². The maximum absolute atomic E-state index is 11.5. The second-order valence-corrected chi connectivity index (χ2v) is 4.51. The van der Waals surface area contributed by atoms with Gasteiger partial charge in [0.05, 0.1) is 19.3 Å². The lowest BCUT2D eigenvalue weighted by Gasteiger charge is -2.22. The Morgan fingerprint density at radius 3 is 3.21 bits per heavy atom. The van der Waals surface area contributed by atoms with Crippen LogP contribution in [0.4, 0.5) is 0 Å². The molecule has 1 aliphatic rings. The van der Waals surface area contributed by atoms with Crippen molar-refractivity contribution in [2.75, 3.05) is 26.4 Å². The van der Waals surface area contributed by atoms with E-state index >= 15 is 0 Å². The van der Waals surface area contributed by atoms with E-state index in [9.17, 15) is 4.79 Å². The molecule has 0 bridgehead atoms. The van der Waals surface area contributed by atoms with Crippen molar-refractivity contribution in [3.8, 4) is 0 Å². The first-order chi connectivity index (χ1) is 9.34. The van der Waals surface area contributed by atoms with Gasteiger partial charge in [-0.05, 0) is 19.3 Å². The summed E-state index contributed by atoms with van der Waals surface area (Å²) in [6, 6.07) is 0. The molecule has 7 heteroatoms. The standard InChI is InChI=1S/C12H20N4O3/c17-12(14-4-5-16-10-13-9-15-16)8-18-7-11-3-1-2-6-19-11/h9-11H,1-8H2,(H,14,17)/t11-/m1/s1. The Bertz CT molecular complexity index is 363. The molecule has 2 heterocycles. The molecule has 1 atom stereocenters. The zero-order chi connectivity index (χ0) is 13.3. The van der Waals surface area contributed by atoms with Gasteiger partial charge in [0.15, 0.2) is 0 Å². The summed E-state index contributed by atoms with van der Waals surface area (Å²) >= 11 is 0. The lowest BCUT2D eigenvalue weighted by molar-refractivity contribution is -0.127. The van der Waals surface area contributed by atoms with E-state index in [1.807, 2.05) is 0 Å². The van der Waals surface area contributed by atoms with Gasteiger partial charge >= 0.3 is 0 Å². The van der Waals surface area contributed by atoms with Gasteiger partial charge in [-0.3, -0.25) is 9.48 Å². The number of nitrogens with one attached hydrogen (secondary N) is 1. The molecule has 0 saturated carbocycles. The molecule has 1 aliphatic heterocycles. The van der Waals surface area contributed by atoms with E-state index in [2.05, 4.69) is 15.4 Å². The molecule has 1 saturated heterocycles. The number of rotatable bonds is 7. The van der Waals surface area contributed by atoms with Crippen LogP contribution in [0.25, 0.3) is 0 Å². The molecule has 2 rings (SSSR count). The van der Waals surface area contributed by atoms with Crippen molar-refractivity contribution in [3.63, 3.8) is 0 Å². The quantitative estimate of drug-likeness (QED) is 0.752. The lowest BCUT2D eigenvalue weighted by atomic mass is 10.1. The molecule has 0 aliphatic carbocycles. The van der Waals surface area contributed by atoms with Crippen LogP contribution in [0.5, 0.6) is 0 Å². The lowest BCUT2D eigenvalue weighted by Crippen LogP contribution is -2.32. The number of amides is 1. The fourth-order valence-corrected chi connectivity index (χ4v) is 1.93. The predicted molar refractivity (Wildman–Crippen MR) is 67.4 cm³/mol. The predicted octanol–water partition coefficient (Wildman–Crippen LogP) is -0.0200. The summed E-state index contributed by atoms with van der Waals surface area (Å²) in [6.07, 6.45) is 6.56. The van der Waals surface area contributed by atoms with Crippen molar-refractivity contribution in [2.24, 2.45) is 0 Å². The highest BCUT2D eigenvalue weighted by atomic mass is 16.5. The molecule has 1 aromatic rings. The van der Waals surface area contributed by atoms with E-state index in [-0.39, 0.29) is 18.6 Å². The second-order valence-electron chi connectivity index (χ2n) is 4.51. The van der Waals surface area contributed by atoms with E-state index in [1.54, 1.807) is 11.0 Å². The molecule has 0 aromatic carbocycles. The molecule has 1 N–H and O–H groups in total. The van der Waals surface area contributed by atoms with Crippen LogP contribution in [0, 0.1) is 0 Å². The first kappa shape index (κ1) is 14.0. The van der Waals surface area contributed by atoms with E-state index in [0.29, 0.717) is 19.7 Å². The van der Waals surface area contributed by atoms with E-state index in [1.165, 1.54) is 12.7 Å². The molecule has 1 amide bonds. The summed E-state index contributed by atoms with van der Waals surface area (Å²) in [7, 11) is 0. The van der Waals surface area contributed by atoms with Crippen LogP contribution in [0.15, 0.2) is 12.7 Å². The molecule has 19 heavy (non-hydrogen) atoms. The minimum Gasteiger partial charge on any atom is -0.376 e. The van der Waals surface area contributed by atoms with Crippen LogP contribution in [0.1, 0.15) is 19.3 Å². The van der Waals surface area contributed by atoms with Crippen LogP contribution in [-0.4, -0.2) is 53.1 Å². The van der Waals surface area contributed by atoms with Gasteiger partial charge in [-0.1, -0.05) is 0 Å². The number of nitrogens with zero attached hydrogens (tertiary/aromatic N) is 3. The molecule has 106 valence electrons. The molecule has 1 fully saturated rings. The first-order valence-corrected chi connectivity index (χ1v) is 6.63. The Hall–Kier alpha value is -1.47. The van der Waals surface area contributed by atoms with Crippen LogP contribution < -0.4 is 5.32 Å². The monoisotopic (exact) mass is 268 g/mol. The summed E-state index contributed by atoms with van der Waals surface area (Å²) in [4.78, 5) is 15.3. The van der Waals surface area contributed by atoms with Gasteiger partial charge in [0.1, 0.15) is 19.3 Å². The topological polar surface area (TPSA) is 78.3 Å². The van der Waals surface area contributed by atoms with Crippen LogP contribution in [0.2, 0.25) is 0 Å². The first-order valence-electron chi connectivity index (χ1n) is 6.63. The van der Waals surface area contributed by atoms with Crippen molar-refractivity contribution in [1.82, 2.24) is 20.1 Å². The van der Waals surface area contributed by atoms with Crippen molar-refractivity contribution in [2.45, 2.75) is 31.9 Å². The van der Waals surface area contributed by atoms with Gasteiger partial charge in [-0.25, -0.2) is 4.98 Å². The fourth-order valence-electron chi connectivity index (χ4n) is 1.93. The third-order valence-corrected chi connectivity index (χ3v) is 2.94. The number of ether oxygens (including phenoxy) is 2. The Morgan fingerprint density at radius 2 is 2.47 bits per heavy atom. The zero-order valence-electron chi connectivity index (χ0n) is 11.0. The minimum absolute atomic E-state index is 0.0806. The Labute approximate surface area is 112 Å². The summed E-state index contributed by atoms with van der Waals surface area (Å²) in [5.74, 6) is -0.115. The van der Waals surface area contributed by atoms with Crippen LogP contribution >= 0.6 is 0 Å². The third-order valence-electron chi connectivity index (χ3n) is 2.94. The number of carbonyl (C=O) groups is 1. The summed E-state index contributed by atoms with van der Waals surface area (Å²) < 4.78 is 12.5. The summed E-state index contributed by atoms with van der Waals surface area (Å²) in [6.45, 7) is 2.51. The smallest absolute Gasteiger partial charge is 0.246 e. The largest absolute Gasteiger partial charge is 0.376 e. The maximum atomic E-state index is 11.5. The van der Waals surface area contributed by atoms with Gasteiger partial charge in [0.2, 0.25) is 5.91 Å². The number of hydrogen-bond donors (Lipinski definition) is 1. The highest BCUT2D eigenvalue weighted by molar-refractivity contribution is 5.77. The summed E-state index contributed by atoms with van der Waals surface area (Å²) in [5, 5.41) is 6.71. The molecular weight excluding hydrogens is 248 g/mol. The third kappa shape index (κ3) is 5.35. The molecule has 0 unspecified atom stereocenters. The number of hydrogen-bond acceptors (Lipinski definition) is 5. The van der Waals surface area contributed by atoms with Gasteiger partial charge in [0.25, 0.3) is 0 Å². The fraction of sp³-hybridized carbons (Fsp3) is 0.750. The van der Waals surface area contributed by atoms with Gasteiger partial charge in [-0.15, -0.1) is 0 Å². The number of aromatic nitrogens is 3. The second kappa shape index (κ2) is 7.85. The SMILES string of the molecule is O=C(COC[C@H]1CCCCO1)NCCn1cncn1. The van der Waals surface area contributed by atoms with E-state index < -0.39 is 0 Å². The Kier molecular flexibility index (Phi) is 5.77. The highest BCUT2D eigenvalue weighted by Gasteiger charge is 2.14. The molecule has 7 nitrogen and oxygen atoms in total. The number of carbonyl (C=O) groups excluding carboxylic acids is 1. The Morgan fingerprint density at radius 1 is 1.53 bits per heavy atom. The van der Waals surface area contributed by atoms with E-state index in [4.69, 9.17) is 9.47 Å². The molecule has 0 spiro atoms. The van der Waals surface area contributed by atoms with Crippen LogP contribution in [0.3, 0.4) is 0 Å². The zero-order valence-corrected chi connectivity index (χ0v) is 11.0. The van der Waals surface area contributed by atoms with Crippen molar-refractivity contribution >= 4 is 5.91 Å². The average molecular weight is 268 g/mol. The molecular formula is C12H20N4O3. The molecule has 1 aromatic heterocycles. The van der Waals surface area contributed by atoms with Crippen molar-refractivity contribution in [3.05, 3.63) is 12.7 Å². The van der Waals surface area contributed by atoms with Gasteiger partial charge < -0.3 is 14.8 Å². The van der Waals surface area contributed by atoms with Gasteiger partial charge in [-0.2, -0.15) is 5.10 Å². The minimum atomic E-state index is -0.115. The summed E-state index contributed by atoms with van der Waals surface area (Å²) in [5.41, 5.74) is 0. The Balaban J connectivity index is 1.49. The molecule has 0 radical (unpaired) electrons.